The predicted octanol–water partition coefficient (Wildman–Crippen LogP) is 2.99. The van der Waals surface area contributed by atoms with Crippen LogP contribution in [0.2, 0.25) is 4.47 Å². The molecule has 0 N–H and O–H groups in total. The molecule has 0 bridgehead atoms. The normalized spacial score (nSPS) is 10.8. The summed E-state index contributed by atoms with van der Waals surface area (Å²) in [5.74, 6) is 0. The molecule has 0 aliphatic rings. The van der Waals surface area contributed by atoms with E-state index in [0.29, 0.717) is 0 Å². The second-order valence-corrected chi connectivity index (χ2v) is 10.9. The first-order valence-electron chi connectivity index (χ1n) is 3.75. The van der Waals surface area contributed by atoms with E-state index in [-0.39, 0.29) is 0 Å². The molecular weight excluding hydrogens is 291 g/mol. The van der Waals surface area contributed by atoms with Crippen molar-refractivity contribution in [1.82, 2.24) is 0 Å². The summed E-state index contributed by atoms with van der Waals surface area (Å²) in [5.41, 5.74) is 0. The van der Waals surface area contributed by atoms with Gasteiger partial charge in [0.2, 0.25) is 0 Å². The summed E-state index contributed by atoms with van der Waals surface area (Å²) in [6.45, 7) is 2.22. The number of halogens is 1. The molecule has 62 valence electrons. The second-order valence-electron chi connectivity index (χ2n) is 2.32. The van der Waals surface area contributed by atoms with E-state index < -0.39 is 18.4 Å². The quantitative estimate of drug-likeness (QED) is 0.750. The van der Waals surface area contributed by atoms with Gasteiger partial charge in [0.05, 0.1) is 0 Å². The van der Waals surface area contributed by atoms with Crippen molar-refractivity contribution in [3.05, 3.63) is 17.5 Å². The molecule has 1 heterocycles. The fraction of sp³-hybridized carbons (Fsp3) is 0.500. The first-order chi connectivity index (χ1) is 5.34. The average molecular weight is 303 g/mol. The van der Waals surface area contributed by atoms with Crippen LogP contribution in [-0.2, 0) is 0 Å². The minimum absolute atomic E-state index is 1.27. The van der Waals surface area contributed by atoms with Crippen molar-refractivity contribution < 1.29 is 0 Å². The predicted molar refractivity (Wildman–Crippen MR) is 55.3 cm³/mol. The Balaban J connectivity index is 2.36. The summed E-state index contributed by atoms with van der Waals surface area (Å²) in [7, 11) is 6.31. The van der Waals surface area contributed by atoms with Crippen molar-refractivity contribution in [2.24, 2.45) is 0 Å². The molecule has 0 nitrogen and oxygen atoms in total. The van der Waals surface area contributed by atoms with E-state index in [1.807, 2.05) is 11.3 Å². The molecule has 0 radical (unpaired) electrons. The van der Waals surface area contributed by atoms with Gasteiger partial charge in [-0.1, -0.05) is 0 Å². The van der Waals surface area contributed by atoms with Gasteiger partial charge in [0.25, 0.3) is 0 Å². The molecule has 0 atom stereocenters. The number of hydrogen-bond donors (Lipinski definition) is 0. The SMILES string of the molecule is CCCC[Te+](Cl)c1cccs1. The van der Waals surface area contributed by atoms with E-state index in [1.165, 1.54) is 20.2 Å². The Labute approximate surface area is 83.0 Å². The van der Waals surface area contributed by atoms with Gasteiger partial charge in [0, 0.05) is 0 Å². The van der Waals surface area contributed by atoms with Crippen LogP contribution < -0.4 is 2.93 Å². The summed E-state index contributed by atoms with van der Waals surface area (Å²) in [4.78, 5) is 0. The molecule has 3 heteroatoms. The Bertz CT molecular complexity index is 186. The summed E-state index contributed by atoms with van der Waals surface area (Å²) in [6, 6.07) is 4.28. The van der Waals surface area contributed by atoms with Crippen molar-refractivity contribution in [2.45, 2.75) is 24.2 Å². The van der Waals surface area contributed by atoms with Gasteiger partial charge in [-0.05, 0) is 0 Å². The molecule has 0 saturated heterocycles. The number of thiophene rings is 1. The van der Waals surface area contributed by atoms with Gasteiger partial charge < -0.3 is 0 Å². The van der Waals surface area contributed by atoms with Crippen molar-refractivity contribution in [3.8, 4) is 0 Å². The van der Waals surface area contributed by atoms with Crippen LogP contribution in [0.4, 0.5) is 0 Å². The fourth-order valence-corrected chi connectivity index (χ4v) is 7.82. The van der Waals surface area contributed by atoms with E-state index in [1.54, 1.807) is 0 Å². The van der Waals surface area contributed by atoms with E-state index in [2.05, 4.69) is 24.4 Å². The molecular formula is C8H12ClSTe+. The zero-order valence-corrected chi connectivity index (χ0v) is 10.5. The van der Waals surface area contributed by atoms with Crippen LogP contribution >= 0.6 is 20.3 Å². The zero-order valence-electron chi connectivity index (χ0n) is 6.55. The van der Waals surface area contributed by atoms with Crippen LogP contribution in [0.3, 0.4) is 0 Å². The Kier molecular flexibility index (Phi) is 4.87. The molecule has 0 fully saturated rings. The van der Waals surface area contributed by atoms with Gasteiger partial charge in [-0.25, -0.2) is 0 Å². The topological polar surface area (TPSA) is 0 Å². The van der Waals surface area contributed by atoms with Crippen molar-refractivity contribution in [3.63, 3.8) is 0 Å². The molecule has 0 aliphatic heterocycles. The van der Waals surface area contributed by atoms with Crippen LogP contribution in [-0.4, -0.2) is 18.4 Å². The zero-order chi connectivity index (χ0) is 8.10. The second kappa shape index (κ2) is 5.43. The first-order valence-corrected chi connectivity index (χ1v) is 10.4. The summed E-state index contributed by atoms with van der Waals surface area (Å²) < 4.78 is 2.76. The Morgan fingerprint density at radius 2 is 2.45 bits per heavy atom. The van der Waals surface area contributed by atoms with Crippen molar-refractivity contribution in [2.75, 3.05) is 0 Å². The molecule has 0 aliphatic carbocycles. The third-order valence-electron chi connectivity index (χ3n) is 1.39. The molecule has 0 unspecified atom stereocenters. The molecule has 0 aromatic carbocycles. The Morgan fingerprint density at radius 3 is 3.00 bits per heavy atom. The van der Waals surface area contributed by atoms with Crippen LogP contribution in [0, 0.1) is 0 Å². The first kappa shape index (κ1) is 9.86. The van der Waals surface area contributed by atoms with Crippen LogP contribution in [0.15, 0.2) is 17.5 Å². The van der Waals surface area contributed by atoms with Crippen LogP contribution in [0.1, 0.15) is 19.8 Å². The maximum atomic E-state index is 6.31. The number of unbranched alkanes of at least 4 members (excludes halogenated alkanes) is 1. The number of rotatable bonds is 4. The van der Waals surface area contributed by atoms with Crippen LogP contribution in [0.25, 0.3) is 0 Å². The fourth-order valence-electron chi connectivity index (χ4n) is 0.761. The minimum atomic E-state index is -1.33. The molecule has 11 heavy (non-hydrogen) atoms. The van der Waals surface area contributed by atoms with Gasteiger partial charge in [-0.15, -0.1) is 0 Å². The van der Waals surface area contributed by atoms with Gasteiger partial charge >= 0.3 is 83.4 Å². The van der Waals surface area contributed by atoms with E-state index in [0.717, 1.165) is 0 Å². The molecule has 1 rings (SSSR count). The molecule has 0 saturated carbocycles. The summed E-state index contributed by atoms with van der Waals surface area (Å²) in [5, 5.41) is 2.12. The third kappa shape index (κ3) is 3.34. The van der Waals surface area contributed by atoms with Crippen molar-refractivity contribution >= 4 is 41.7 Å². The molecule has 0 spiro atoms. The van der Waals surface area contributed by atoms with E-state index >= 15 is 0 Å². The summed E-state index contributed by atoms with van der Waals surface area (Å²) in [6.07, 6.45) is 2.58. The average Bonchev–Trinajstić information content (AvgIpc) is 2.52. The van der Waals surface area contributed by atoms with Crippen LogP contribution in [0.5, 0.6) is 0 Å². The van der Waals surface area contributed by atoms with Gasteiger partial charge in [0.1, 0.15) is 0 Å². The Hall–Kier alpha value is 0.780. The van der Waals surface area contributed by atoms with E-state index in [4.69, 9.17) is 8.96 Å². The third-order valence-corrected chi connectivity index (χ3v) is 10.5. The van der Waals surface area contributed by atoms with Gasteiger partial charge in [0.15, 0.2) is 0 Å². The standard InChI is InChI=1S/C8H12ClSTe/c1-2-3-7-11(9)8-5-4-6-10-8/h4-6H,2-3,7H2,1H3/q+1. The molecule has 1 aromatic rings. The summed E-state index contributed by atoms with van der Waals surface area (Å²) >= 11 is 0.499. The maximum absolute atomic E-state index is 6.31. The van der Waals surface area contributed by atoms with Crippen molar-refractivity contribution in [1.29, 1.82) is 0 Å². The molecule has 1 aromatic heterocycles. The van der Waals surface area contributed by atoms with Gasteiger partial charge in [-0.2, -0.15) is 0 Å². The van der Waals surface area contributed by atoms with Gasteiger partial charge in [-0.3, -0.25) is 0 Å². The monoisotopic (exact) mass is 305 g/mol. The van der Waals surface area contributed by atoms with E-state index in [9.17, 15) is 0 Å². The molecule has 0 amide bonds. The Morgan fingerprint density at radius 1 is 1.64 bits per heavy atom. The number of hydrogen-bond acceptors (Lipinski definition) is 1.